The van der Waals surface area contributed by atoms with E-state index in [9.17, 15) is 0 Å². The van der Waals surface area contributed by atoms with Crippen LogP contribution in [-0.2, 0) is 11.2 Å². The summed E-state index contributed by atoms with van der Waals surface area (Å²) in [6.45, 7) is 3.77. The number of rotatable bonds is 11. The van der Waals surface area contributed by atoms with Gasteiger partial charge in [0.2, 0.25) is 0 Å². The quantitative estimate of drug-likeness (QED) is 0.155. The zero-order valence-corrected chi connectivity index (χ0v) is 22.0. The van der Waals surface area contributed by atoms with E-state index in [0.717, 1.165) is 49.4 Å². The van der Waals surface area contributed by atoms with Crippen molar-refractivity contribution in [2.24, 2.45) is 0 Å². The Morgan fingerprint density at radius 3 is 1.43 bits per heavy atom. The third kappa shape index (κ3) is 8.10. The van der Waals surface area contributed by atoms with Gasteiger partial charge in [-0.05, 0) is 89.9 Å². The molecule has 0 fully saturated rings. The van der Waals surface area contributed by atoms with Crippen molar-refractivity contribution in [2.75, 3.05) is 20.3 Å². The molecule has 4 rings (SSSR count). The van der Waals surface area contributed by atoms with Gasteiger partial charge in [-0.15, -0.1) is 0 Å². The van der Waals surface area contributed by atoms with E-state index in [4.69, 9.17) is 9.47 Å². The van der Waals surface area contributed by atoms with E-state index in [-0.39, 0.29) is 0 Å². The Hall–Kier alpha value is -3.80. The number of methoxy groups -OCH3 is 1. The van der Waals surface area contributed by atoms with Gasteiger partial charge in [0.1, 0.15) is 5.75 Å². The second kappa shape index (κ2) is 14.1. The van der Waals surface area contributed by atoms with Crippen molar-refractivity contribution in [3.8, 4) is 39.8 Å². The van der Waals surface area contributed by atoms with Crippen LogP contribution in [0, 0.1) is 11.8 Å². The van der Waals surface area contributed by atoms with E-state index < -0.39 is 0 Å². The highest BCUT2D eigenvalue weighted by Crippen LogP contribution is 2.26. The molecule has 0 N–H and O–H groups in total. The summed E-state index contributed by atoms with van der Waals surface area (Å²) >= 11 is 0. The lowest BCUT2D eigenvalue weighted by molar-refractivity contribution is 0.191. The Bertz CT molecular complexity index is 1270. The second-order valence-electron chi connectivity index (χ2n) is 9.24. The van der Waals surface area contributed by atoms with Gasteiger partial charge in [0.25, 0.3) is 0 Å². The minimum Gasteiger partial charge on any atom is -0.494 e. The van der Waals surface area contributed by atoms with Crippen LogP contribution in [0.5, 0.6) is 5.75 Å². The number of benzene rings is 4. The molecule has 0 saturated heterocycles. The van der Waals surface area contributed by atoms with Crippen LogP contribution >= 0.6 is 0 Å². The highest BCUT2D eigenvalue weighted by molar-refractivity contribution is 5.71. The van der Waals surface area contributed by atoms with Crippen molar-refractivity contribution in [2.45, 2.75) is 39.0 Å². The average molecular weight is 489 g/mol. The summed E-state index contributed by atoms with van der Waals surface area (Å²) in [5, 5.41) is 0. The molecule has 4 aromatic rings. The first-order chi connectivity index (χ1) is 18.2. The number of aryl methyl sites for hydroxylation is 1. The summed E-state index contributed by atoms with van der Waals surface area (Å²) < 4.78 is 11.0. The van der Waals surface area contributed by atoms with Gasteiger partial charge in [0.15, 0.2) is 0 Å². The molecule has 0 aliphatic rings. The Morgan fingerprint density at radius 1 is 0.514 bits per heavy atom. The van der Waals surface area contributed by atoms with Gasteiger partial charge >= 0.3 is 0 Å². The minimum absolute atomic E-state index is 0.761. The number of unbranched alkanes of at least 4 members (excludes halogenated alkanes) is 3. The second-order valence-corrected chi connectivity index (χ2v) is 9.24. The van der Waals surface area contributed by atoms with E-state index in [0.29, 0.717) is 0 Å². The fourth-order valence-corrected chi connectivity index (χ4v) is 4.20. The minimum atomic E-state index is 0.761. The Kier molecular flexibility index (Phi) is 9.99. The van der Waals surface area contributed by atoms with Gasteiger partial charge in [-0.1, -0.05) is 85.8 Å². The predicted molar refractivity (Wildman–Crippen MR) is 155 cm³/mol. The van der Waals surface area contributed by atoms with Crippen molar-refractivity contribution >= 4 is 0 Å². The number of hydrogen-bond acceptors (Lipinski definition) is 2. The standard InChI is InChI=1S/C35H36O2/c1-3-28-8-10-29(11-9-28)12-13-30-14-16-31(17-15-30)32-18-20-33(21-19-32)34-22-24-35(25-23-34)37-27-7-5-4-6-26-36-2/h8-11,14-25H,3-7,26-27H2,1-2H3. The normalized spacial score (nSPS) is 10.5. The van der Waals surface area contributed by atoms with Crippen LogP contribution in [0.3, 0.4) is 0 Å². The van der Waals surface area contributed by atoms with Gasteiger partial charge in [-0.3, -0.25) is 0 Å². The van der Waals surface area contributed by atoms with Crippen LogP contribution in [0.1, 0.15) is 49.3 Å². The molecule has 0 atom stereocenters. The summed E-state index contributed by atoms with van der Waals surface area (Å²) in [6.07, 6.45) is 5.62. The van der Waals surface area contributed by atoms with Gasteiger partial charge in [-0.2, -0.15) is 0 Å². The van der Waals surface area contributed by atoms with E-state index in [1.54, 1.807) is 7.11 Å². The van der Waals surface area contributed by atoms with Crippen molar-refractivity contribution in [1.29, 1.82) is 0 Å². The fourth-order valence-electron chi connectivity index (χ4n) is 4.20. The maximum Gasteiger partial charge on any atom is 0.119 e. The lowest BCUT2D eigenvalue weighted by atomic mass is 9.99. The summed E-state index contributed by atoms with van der Waals surface area (Å²) in [4.78, 5) is 0. The maximum absolute atomic E-state index is 5.90. The van der Waals surface area contributed by atoms with E-state index >= 15 is 0 Å². The van der Waals surface area contributed by atoms with E-state index in [1.165, 1.54) is 40.7 Å². The summed E-state index contributed by atoms with van der Waals surface area (Å²) in [5.41, 5.74) is 8.18. The third-order valence-electron chi connectivity index (χ3n) is 6.52. The Balaban J connectivity index is 1.30. The third-order valence-corrected chi connectivity index (χ3v) is 6.52. The molecule has 37 heavy (non-hydrogen) atoms. The lowest BCUT2D eigenvalue weighted by Gasteiger charge is -2.08. The van der Waals surface area contributed by atoms with Crippen LogP contribution in [-0.4, -0.2) is 20.3 Å². The highest BCUT2D eigenvalue weighted by atomic mass is 16.5. The molecule has 2 heteroatoms. The first kappa shape index (κ1) is 26.3. The predicted octanol–water partition coefficient (Wildman–Crippen LogP) is 8.57. The molecule has 0 unspecified atom stereocenters. The van der Waals surface area contributed by atoms with Crippen molar-refractivity contribution in [3.63, 3.8) is 0 Å². The molecule has 0 radical (unpaired) electrons. The molecular formula is C35H36O2. The Labute approximate surface area is 222 Å². The van der Waals surface area contributed by atoms with Crippen LogP contribution in [0.15, 0.2) is 97.1 Å². The van der Waals surface area contributed by atoms with Crippen LogP contribution < -0.4 is 4.74 Å². The zero-order valence-electron chi connectivity index (χ0n) is 22.0. The van der Waals surface area contributed by atoms with E-state index in [2.05, 4.69) is 116 Å². The van der Waals surface area contributed by atoms with E-state index in [1.807, 2.05) is 0 Å². The molecular weight excluding hydrogens is 452 g/mol. The van der Waals surface area contributed by atoms with Crippen LogP contribution in [0.2, 0.25) is 0 Å². The van der Waals surface area contributed by atoms with Gasteiger partial charge in [-0.25, -0.2) is 0 Å². The molecule has 0 saturated carbocycles. The first-order valence-corrected chi connectivity index (χ1v) is 13.3. The largest absolute Gasteiger partial charge is 0.494 e. The van der Waals surface area contributed by atoms with Gasteiger partial charge < -0.3 is 9.47 Å². The van der Waals surface area contributed by atoms with Crippen LogP contribution in [0.4, 0.5) is 0 Å². The maximum atomic E-state index is 5.90. The summed E-state index contributed by atoms with van der Waals surface area (Å²) in [7, 11) is 1.75. The topological polar surface area (TPSA) is 18.5 Å². The molecule has 0 aliphatic heterocycles. The molecule has 0 spiro atoms. The average Bonchev–Trinajstić information content (AvgIpc) is 2.96. The molecule has 4 aromatic carbocycles. The molecule has 0 aromatic heterocycles. The SMILES string of the molecule is CCc1ccc(C#Cc2ccc(-c3ccc(-c4ccc(OCCCCCCOC)cc4)cc3)cc2)cc1. The summed E-state index contributed by atoms with van der Waals surface area (Å²) in [6, 6.07) is 34.0. The van der Waals surface area contributed by atoms with Gasteiger partial charge in [0, 0.05) is 24.8 Å². The molecule has 188 valence electrons. The summed E-state index contributed by atoms with van der Waals surface area (Å²) in [5.74, 6) is 7.46. The molecule has 0 aliphatic carbocycles. The van der Waals surface area contributed by atoms with Crippen molar-refractivity contribution in [1.82, 2.24) is 0 Å². The molecule has 2 nitrogen and oxygen atoms in total. The first-order valence-electron chi connectivity index (χ1n) is 13.3. The smallest absolute Gasteiger partial charge is 0.119 e. The number of ether oxygens (including phenoxy) is 2. The van der Waals surface area contributed by atoms with Gasteiger partial charge in [0.05, 0.1) is 6.61 Å². The fraction of sp³-hybridized carbons (Fsp3) is 0.257. The molecule has 0 heterocycles. The number of hydrogen-bond donors (Lipinski definition) is 0. The van der Waals surface area contributed by atoms with Crippen LogP contribution in [0.25, 0.3) is 22.3 Å². The monoisotopic (exact) mass is 488 g/mol. The lowest BCUT2D eigenvalue weighted by Crippen LogP contribution is -1.97. The highest BCUT2D eigenvalue weighted by Gasteiger charge is 2.02. The molecule has 0 bridgehead atoms. The Morgan fingerprint density at radius 2 is 0.946 bits per heavy atom. The molecule has 0 amide bonds. The zero-order chi connectivity index (χ0) is 25.7. The van der Waals surface area contributed by atoms with Crippen molar-refractivity contribution in [3.05, 3.63) is 114 Å². The van der Waals surface area contributed by atoms with Crippen molar-refractivity contribution < 1.29 is 9.47 Å².